The highest BCUT2D eigenvalue weighted by Crippen LogP contribution is 2.32. The Morgan fingerprint density at radius 2 is 2.06 bits per heavy atom. The maximum absolute atomic E-state index is 13.8. The van der Waals surface area contributed by atoms with Crippen LogP contribution in [0, 0.1) is 5.82 Å². The molecule has 18 heavy (non-hydrogen) atoms. The first-order chi connectivity index (χ1) is 8.63. The number of nitrogens with zero attached hydrogens (tertiary/aromatic N) is 1. The van der Waals surface area contributed by atoms with E-state index in [0.29, 0.717) is 10.8 Å². The third kappa shape index (κ3) is 2.81. The van der Waals surface area contributed by atoms with E-state index in [1.807, 2.05) is 17.8 Å². The second-order valence-corrected chi connectivity index (χ2v) is 5.91. The van der Waals surface area contributed by atoms with Crippen molar-refractivity contribution in [2.45, 2.75) is 31.1 Å². The molecule has 1 heterocycles. The summed E-state index contributed by atoms with van der Waals surface area (Å²) in [7, 11) is 0. The highest BCUT2D eigenvalue weighted by atomic mass is 32.2. The van der Waals surface area contributed by atoms with Crippen LogP contribution in [-0.4, -0.2) is 29.7 Å². The summed E-state index contributed by atoms with van der Waals surface area (Å²) in [4.78, 5) is 2.19. The van der Waals surface area contributed by atoms with Crippen LogP contribution in [0.2, 0.25) is 0 Å². The topological polar surface area (TPSA) is 23.5 Å². The van der Waals surface area contributed by atoms with Crippen LogP contribution in [0.3, 0.4) is 0 Å². The summed E-state index contributed by atoms with van der Waals surface area (Å²) in [6.45, 7) is 3.50. The van der Waals surface area contributed by atoms with Crippen LogP contribution in [-0.2, 0) is 0 Å². The van der Waals surface area contributed by atoms with Crippen molar-refractivity contribution < 1.29 is 9.50 Å². The van der Waals surface area contributed by atoms with E-state index in [4.69, 9.17) is 0 Å². The molecule has 1 atom stereocenters. The van der Waals surface area contributed by atoms with E-state index in [2.05, 4.69) is 11.2 Å². The molecule has 1 aromatic carbocycles. The molecule has 2 rings (SSSR count). The highest BCUT2D eigenvalue weighted by molar-refractivity contribution is 7.99. The number of thioether (sulfide) groups is 1. The molecular weight excluding hydrogens is 249 g/mol. The second kappa shape index (κ2) is 5.93. The van der Waals surface area contributed by atoms with Gasteiger partial charge in [-0.1, -0.05) is 6.07 Å². The zero-order valence-electron chi connectivity index (χ0n) is 10.9. The molecule has 0 bridgehead atoms. The minimum atomic E-state index is -0.764. The Hall–Kier alpha value is -0.740. The first-order valence-corrected chi connectivity index (χ1v) is 7.66. The molecule has 1 aliphatic rings. The van der Waals surface area contributed by atoms with Crippen LogP contribution in [0.1, 0.15) is 31.4 Å². The fourth-order valence-electron chi connectivity index (χ4n) is 2.55. The Morgan fingerprint density at radius 3 is 2.61 bits per heavy atom. The van der Waals surface area contributed by atoms with Gasteiger partial charge in [-0.25, -0.2) is 4.39 Å². The molecule has 0 amide bonds. The minimum absolute atomic E-state index is 0.311. The van der Waals surface area contributed by atoms with Gasteiger partial charge in [-0.2, -0.15) is 11.8 Å². The monoisotopic (exact) mass is 269 g/mol. The van der Waals surface area contributed by atoms with Crippen LogP contribution < -0.4 is 4.90 Å². The molecule has 1 aromatic rings. The van der Waals surface area contributed by atoms with Crippen molar-refractivity contribution in [1.82, 2.24) is 0 Å². The summed E-state index contributed by atoms with van der Waals surface area (Å²) in [5.74, 6) is -0.311. The number of halogens is 1. The average molecular weight is 269 g/mol. The lowest BCUT2D eigenvalue weighted by Crippen LogP contribution is -2.35. The standard InChI is InChI=1S/C14H20FNOS/c1-10(17)14-12(15)4-3-5-13(14)16-8-6-11(18-2)7-9-16/h3-5,10-11,17H,6-9H2,1-2H3/t10-/m0/s1. The number of rotatable bonds is 3. The molecule has 0 unspecified atom stereocenters. The van der Waals surface area contributed by atoms with Crippen molar-refractivity contribution in [2.24, 2.45) is 0 Å². The molecule has 2 nitrogen and oxygen atoms in total. The maximum atomic E-state index is 13.8. The fraction of sp³-hybridized carbons (Fsp3) is 0.571. The van der Waals surface area contributed by atoms with Gasteiger partial charge in [-0.15, -0.1) is 0 Å². The zero-order chi connectivity index (χ0) is 13.1. The second-order valence-electron chi connectivity index (χ2n) is 4.77. The molecule has 0 aromatic heterocycles. The predicted octanol–water partition coefficient (Wildman–Crippen LogP) is 3.21. The number of piperidine rings is 1. The molecule has 0 saturated carbocycles. The number of aliphatic hydroxyl groups is 1. The van der Waals surface area contributed by atoms with Crippen molar-refractivity contribution in [2.75, 3.05) is 24.2 Å². The van der Waals surface area contributed by atoms with Gasteiger partial charge in [0.2, 0.25) is 0 Å². The third-order valence-electron chi connectivity index (χ3n) is 3.56. The molecule has 4 heteroatoms. The van der Waals surface area contributed by atoms with Gasteiger partial charge >= 0.3 is 0 Å². The van der Waals surface area contributed by atoms with Crippen molar-refractivity contribution in [3.05, 3.63) is 29.6 Å². The first kappa shape index (κ1) is 13.7. The Balaban J connectivity index is 2.21. The van der Waals surface area contributed by atoms with E-state index in [1.54, 1.807) is 13.0 Å². The lowest BCUT2D eigenvalue weighted by Gasteiger charge is -2.34. The van der Waals surface area contributed by atoms with Crippen molar-refractivity contribution in [3.8, 4) is 0 Å². The maximum Gasteiger partial charge on any atom is 0.131 e. The third-order valence-corrected chi connectivity index (χ3v) is 4.70. The van der Waals surface area contributed by atoms with Gasteiger partial charge in [-0.05, 0) is 38.2 Å². The van der Waals surface area contributed by atoms with E-state index in [9.17, 15) is 9.50 Å². The lowest BCUT2D eigenvalue weighted by molar-refractivity contribution is 0.194. The van der Waals surface area contributed by atoms with Crippen molar-refractivity contribution in [1.29, 1.82) is 0 Å². The van der Waals surface area contributed by atoms with E-state index in [1.165, 1.54) is 6.07 Å². The van der Waals surface area contributed by atoms with Crippen LogP contribution in [0.4, 0.5) is 10.1 Å². The molecule has 1 N–H and O–H groups in total. The summed E-state index contributed by atoms with van der Waals surface area (Å²) in [5, 5.41) is 10.5. The van der Waals surface area contributed by atoms with Gasteiger partial charge < -0.3 is 10.0 Å². The van der Waals surface area contributed by atoms with Crippen molar-refractivity contribution in [3.63, 3.8) is 0 Å². The molecule has 0 radical (unpaired) electrons. The molecular formula is C14H20FNOS. The summed E-state index contributed by atoms with van der Waals surface area (Å²) in [6, 6.07) is 5.04. The van der Waals surface area contributed by atoms with Gasteiger partial charge in [0, 0.05) is 29.6 Å². The molecule has 0 aliphatic carbocycles. The zero-order valence-corrected chi connectivity index (χ0v) is 11.7. The number of anilines is 1. The summed E-state index contributed by atoms with van der Waals surface area (Å²) in [6.07, 6.45) is 3.62. The molecule has 100 valence electrons. The highest BCUT2D eigenvalue weighted by Gasteiger charge is 2.23. The van der Waals surface area contributed by atoms with E-state index in [0.717, 1.165) is 31.6 Å². The smallest absolute Gasteiger partial charge is 0.131 e. The fourth-order valence-corrected chi connectivity index (χ4v) is 3.23. The summed E-state index contributed by atoms with van der Waals surface area (Å²) >= 11 is 1.91. The van der Waals surface area contributed by atoms with Crippen LogP contribution in [0.25, 0.3) is 0 Å². The normalized spacial score (nSPS) is 19.0. The molecule has 0 spiro atoms. The number of aliphatic hydroxyl groups excluding tert-OH is 1. The quantitative estimate of drug-likeness (QED) is 0.911. The Morgan fingerprint density at radius 1 is 1.39 bits per heavy atom. The Labute approximate surface area is 112 Å². The Bertz CT molecular complexity index is 403. The molecule has 1 saturated heterocycles. The number of hydrogen-bond acceptors (Lipinski definition) is 3. The van der Waals surface area contributed by atoms with Crippen molar-refractivity contribution >= 4 is 17.4 Å². The van der Waals surface area contributed by atoms with E-state index >= 15 is 0 Å². The number of benzene rings is 1. The van der Waals surface area contributed by atoms with Gasteiger partial charge in [0.1, 0.15) is 5.82 Å². The van der Waals surface area contributed by atoms with Gasteiger partial charge in [0.15, 0.2) is 0 Å². The SMILES string of the molecule is CSC1CCN(c2cccc(F)c2[C@H](C)O)CC1. The largest absolute Gasteiger partial charge is 0.389 e. The van der Waals surface area contributed by atoms with Crippen LogP contribution in [0.15, 0.2) is 18.2 Å². The molecule has 1 aliphatic heterocycles. The predicted molar refractivity (Wildman–Crippen MR) is 75.8 cm³/mol. The van der Waals surface area contributed by atoms with Crippen LogP contribution in [0.5, 0.6) is 0 Å². The first-order valence-electron chi connectivity index (χ1n) is 6.37. The summed E-state index contributed by atoms with van der Waals surface area (Å²) in [5.41, 5.74) is 1.28. The van der Waals surface area contributed by atoms with E-state index in [-0.39, 0.29) is 5.82 Å². The number of hydrogen-bond donors (Lipinski definition) is 1. The Kier molecular flexibility index (Phi) is 4.51. The van der Waals surface area contributed by atoms with Crippen LogP contribution >= 0.6 is 11.8 Å². The average Bonchev–Trinajstić information content (AvgIpc) is 2.38. The van der Waals surface area contributed by atoms with E-state index < -0.39 is 6.10 Å². The summed E-state index contributed by atoms with van der Waals surface area (Å²) < 4.78 is 13.8. The van der Waals surface area contributed by atoms with Gasteiger partial charge in [0.05, 0.1) is 6.10 Å². The lowest BCUT2D eigenvalue weighted by atomic mass is 10.0. The minimum Gasteiger partial charge on any atom is -0.389 e. The van der Waals surface area contributed by atoms with Gasteiger partial charge in [0.25, 0.3) is 0 Å². The molecule has 1 fully saturated rings. The van der Waals surface area contributed by atoms with Gasteiger partial charge in [-0.3, -0.25) is 0 Å².